The molecule has 0 aliphatic rings. The Morgan fingerprint density at radius 3 is 2.08 bits per heavy atom. The van der Waals surface area contributed by atoms with Gasteiger partial charge in [-0.1, -0.05) is 0 Å². The smallest absolute Gasteiger partial charge is 0.259 e. The van der Waals surface area contributed by atoms with E-state index in [0.717, 1.165) is 6.20 Å². The molecule has 0 aromatic carbocycles. The van der Waals surface area contributed by atoms with Gasteiger partial charge in [0.2, 0.25) is 0 Å². The molecule has 0 saturated carbocycles. The molecule has 0 radical (unpaired) electrons. The molecule has 66 valence electrons. The molecule has 1 aromatic rings. The Balaban J connectivity index is 3.63. The number of hydrogen-bond donors (Lipinski definition) is 1. The summed E-state index contributed by atoms with van der Waals surface area (Å²) in [4.78, 5) is 44.3. The third kappa shape index (κ3) is 1.44. The van der Waals surface area contributed by atoms with Gasteiger partial charge in [0.1, 0.15) is 0 Å². The summed E-state index contributed by atoms with van der Waals surface area (Å²) in [5.74, 6) is 0. The Morgan fingerprint density at radius 1 is 1.00 bits per heavy atom. The Morgan fingerprint density at radius 2 is 1.62 bits per heavy atom. The predicted octanol–water partition coefficient (Wildman–Crippen LogP) is -0.188. The van der Waals surface area contributed by atoms with Gasteiger partial charge in [0, 0.05) is 17.3 Å². The summed E-state index contributed by atoms with van der Waals surface area (Å²) in [6.45, 7) is 0. The number of nitrogens with one attached hydrogen (secondary N) is 1. The fourth-order valence-electron chi connectivity index (χ4n) is 0.923. The first-order valence-corrected chi connectivity index (χ1v) is 3.35. The van der Waals surface area contributed by atoms with Crippen LogP contribution in [0.25, 0.3) is 0 Å². The summed E-state index contributed by atoms with van der Waals surface area (Å²) in [7, 11) is 0. The first kappa shape index (κ1) is 9.05. The molecule has 0 saturated heterocycles. The molecule has 1 aromatic heterocycles. The van der Waals surface area contributed by atoms with Gasteiger partial charge in [-0.25, -0.2) is 0 Å². The van der Waals surface area contributed by atoms with Crippen molar-refractivity contribution in [2.45, 2.75) is 0 Å². The average Bonchev–Trinajstić information content (AvgIpc) is 2.17. The van der Waals surface area contributed by atoms with Crippen molar-refractivity contribution in [2.24, 2.45) is 0 Å². The van der Waals surface area contributed by atoms with Crippen LogP contribution in [0.4, 0.5) is 0 Å². The lowest BCUT2D eigenvalue weighted by Gasteiger charge is -1.97. The largest absolute Gasteiger partial charge is 0.328 e. The van der Waals surface area contributed by atoms with Crippen molar-refractivity contribution in [1.82, 2.24) is 4.98 Å². The second kappa shape index (κ2) is 3.57. The fourth-order valence-corrected chi connectivity index (χ4v) is 0.923. The Bertz CT molecular complexity index is 419. The van der Waals surface area contributed by atoms with E-state index in [4.69, 9.17) is 0 Å². The van der Waals surface area contributed by atoms with E-state index in [-0.39, 0.29) is 23.0 Å². The summed E-state index contributed by atoms with van der Waals surface area (Å²) in [5, 5.41) is 0. The molecule has 0 unspecified atom stereocenters. The minimum absolute atomic E-state index is 0.00306. The Labute approximate surface area is 72.4 Å². The predicted molar refractivity (Wildman–Crippen MR) is 43.2 cm³/mol. The highest BCUT2D eigenvalue weighted by Gasteiger charge is 2.10. The maximum absolute atomic E-state index is 10.9. The van der Waals surface area contributed by atoms with Crippen molar-refractivity contribution in [1.29, 1.82) is 0 Å². The number of aldehydes is 3. The number of hydrogen-bond acceptors (Lipinski definition) is 4. The van der Waals surface area contributed by atoms with Crippen LogP contribution in [0, 0.1) is 0 Å². The van der Waals surface area contributed by atoms with Crippen LogP contribution in [0.1, 0.15) is 31.1 Å². The van der Waals surface area contributed by atoms with E-state index in [0.29, 0.717) is 12.6 Å². The van der Waals surface area contributed by atoms with Gasteiger partial charge in [-0.15, -0.1) is 0 Å². The van der Waals surface area contributed by atoms with E-state index in [1.54, 1.807) is 0 Å². The molecular weight excluding hydrogens is 174 g/mol. The maximum atomic E-state index is 10.9. The van der Waals surface area contributed by atoms with Crippen LogP contribution in [0.2, 0.25) is 0 Å². The zero-order chi connectivity index (χ0) is 9.84. The average molecular weight is 179 g/mol. The van der Waals surface area contributed by atoms with E-state index < -0.39 is 5.56 Å². The molecule has 1 N–H and O–H groups in total. The molecule has 5 nitrogen and oxygen atoms in total. The van der Waals surface area contributed by atoms with Gasteiger partial charge in [0.25, 0.3) is 5.56 Å². The standard InChI is InChI=1S/C8H5NO4/c10-2-5-1-9-8(13)7(4-12)6(5)3-11/h1-4H,(H,9,13). The minimum atomic E-state index is -0.678. The third-order valence-corrected chi connectivity index (χ3v) is 1.57. The van der Waals surface area contributed by atoms with Gasteiger partial charge in [0.05, 0.1) is 5.56 Å². The van der Waals surface area contributed by atoms with Gasteiger partial charge in [-0.3, -0.25) is 19.2 Å². The first-order chi connectivity index (χ1) is 6.24. The van der Waals surface area contributed by atoms with E-state index >= 15 is 0 Å². The maximum Gasteiger partial charge on any atom is 0.259 e. The van der Waals surface area contributed by atoms with Gasteiger partial charge < -0.3 is 4.98 Å². The normalized spacial score (nSPS) is 9.23. The van der Waals surface area contributed by atoms with Crippen LogP contribution in [0.15, 0.2) is 11.0 Å². The van der Waals surface area contributed by atoms with Crippen LogP contribution in [-0.2, 0) is 0 Å². The Kier molecular flexibility index (Phi) is 2.49. The van der Waals surface area contributed by atoms with Crippen LogP contribution in [-0.4, -0.2) is 23.8 Å². The highest BCUT2D eigenvalue weighted by Crippen LogP contribution is 2.02. The summed E-state index contributed by atoms with van der Waals surface area (Å²) in [6.07, 6.45) is 2.04. The number of pyridine rings is 1. The number of aromatic amines is 1. The zero-order valence-electron chi connectivity index (χ0n) is 6.44. The quantitative estimate of drug-likeness (QED) is 0.652. The second-order valence-electron chi connectivity index (χ2n) is 2.25. The lowest BCUT2D eigenvalue weighted by molar-refractivity contribution is 0.108. The summed E-state index contributed by atoms with van der Waals surface area (Å²) >= 11 is 0. The molecule has 5 heteroatoms. The number of aromatic nitrogens is 1. The van der Waals surface area contributed by atoms with Crippen LogP contribution in [0.5, 0.6) is 0 Å². The number of carbonyl (C=O) groups is 3. The fraction of sp³-hybridized carbons (Fsp3) is 0. The summed E-state index contributed by atoms with van der Waals surface area (Å²) < 4.78 is 0. The van der Waals surface area contributed by atoms with E-state index in [9.17, 15) is 19.2 Å². The lowest BCUT2D eigenvalue weighted by Crippen LogP contribution is -2.16. The Hall–Kier alpha value is -2.04. The van der Waals surface area contributed by atoms with E-state index in [1.165, 1.54) is 0 Å². The van der Waals surface area contributed by atoms with Gasteiger partial charge in [-0.2, -0.15) is 0 Å². The monoisotopic (exact) mass is 179 g/mol. The summed E-state index contributed by atoms with van der Waals surface area (Å²) in [6, 6.07) is 0. The molecule has 1 rings (SSSR count). The molecule has 0 aliphatic carbocycles. The van der Waals surface area contributed by atoms with Crippen molar-refractivity contribution < 1.29 is 14.4 Å². The van der Waals surface area contributed by atoms with E-state index in [2.05, 4.69) is 4.98 Å². The van der Waals surface area contributed by atoms with Crippen LogP contribution >= 0.6 is 0 Å². The molecule has 0 bridgehead atoms. The van der Waals surface area contributed by atoms with Crippen molar-refractivity contribution in [2.75, 3.05) is 0 Å². The molecule has 0 amide bonds. The first-order valence-electron chi connectivity index (χ1n) is 3.35. The molecule has 0 aliphatic heterocycles. The molecule has 0 atom stereocenters. The highest BCUT2D eigenvalue weighted by molar-refractivity contribution is 5.97. The van der Waals surface area contributed by atoms with Crippen LogP contribution in [0.3, 0.4) is 0 Å². The van der Waals surface area contributed by atoms with Gasteiger partial charge >= 0.3 is 0 Å². The minimum Gasteiger partial charge on any atom is -0.328 e. The van der Waals surface area contributed by atoms with Crippen LogP contribution < -0.4 is 5.56 Å². The SMILES string of the molecule is O=Cc1c[nH]c(=O)c(C=O)c1C=O. The molecule has 13 heavy (non-hydrogen) atoms. The van der Waals surface area contributed by atoms with Gasteiger partial charge in [-0.05, 0) is 0 Å². The molecule has 0 fully saturated rings. The molecular formula is C8H5NO4. The molecule has 0 spiro atoms. The van der Waals surface area contributed by atoms with Gasteiger partial charge in [0.15, 0.2) is 18.9 Å². The van der Waals surface area contributed by atoms with E-state index in [1.807, 2.05) is 0 Å². The third-order valence-electron chi connectivity index (χ3n) is 1.57. The van der Waals surface area contributed by atoms with Crippen molar-refractivity contribution in [3.63, 3.8) is 0 Å². The second-order valence-corrected chi connectivity index (χ2v) is 2.25. The van der Waals surface area contributed by atoms with Crippen molar-refractivity contribution in [3.05, 3.63) is 33.2 Å². The molecule has 1 heterocycles. The lowest BCUT2D eigenvalue weighted by atomic mass is 10.1. The topological polar surface area (TPSA) is 84.1 Å². The van der Waals surface area contributed by atoms with Crippen molar-refractivity contribution in [3.8, 4) is 0 Å². The zero-order valence-corrected chi connectivity index (χ0v) is 6.44. The van der Waals surface area contributed by atoms with Crippen molar-refractivity contribution >= 4 is 18.9 Å². The number of carbonyl (C=O) groups excluding carboxylic acids is 3. The number of rotatable bonds is 3. The highest BCUT2D eigenvalue weighted by atomic mass is 16.1. The number of H-pyrrole nitrogens is 1. The summed E-state index contributed by atoms with van der Waals surface area (Å²) in [5.41, 5.74) is -1.17.